The van der Waals surface area contributed by atoms with Crippen LogP contribution >= 0.6 is 0 Å². The zero-order chi connectivity index (χ0) is 19.1. The van der Waals surface area contributed by atoms with Crippen LogP contribution in [0.25, 0.3) is 0 Å². The minimum Gasteiger partial charge on any atom is -0.439 e. The van der Waals surface area contributed by atoms with E-state index in [0.717, 1.165) is 24.6 Å². The Hall–Kier alpha value is -2.40. The SMILES string of the molecule is CN(CCc1ccc(Oc2ccc(C(N)=O)cn2)cc1)CC1CCCCC1. The molecular formula is C22H29N3O2. The largest absolute Gasteiger partial charge is 0.439 e. The van der Waals surface area contributed by atoms with Crippen molar-refractivity contribution in [2.45, 2.75) is 38.5 Å². The van der Waals surface area contributed by atoms with Crippen molar-refractivity contribution in [1.82, 2.24) is 9.88 Å². The Kier molecular flexibility index (Phi) is 6.82. The van der Waals surface area contributed by atoms with E-state index < -0.39 is 5.91 Å². The van der Waals surface area contributed by atoms with Gasteiger partial charge in [-0.1, -0.05) is 31.4 Å². The van der Waals surface area contributed by atoms with E-state index in [2.05, 4.69) is 29.1 Å². The molecule has 2 N–H and O–H groups in total. The zero-order valence-corrected chi connectivity index (χ0v) is 16.1. The second-order valence-corrected chi connectivity index (χ2v) is 7.51. The minimum absolute atomic E-state index is 0.370. The maximum absolute atomic E-state index is 11.1. The van der Waals surface area contributed by atoms with Crippen LogP contribution in [-0.4, -0.2) is 35.9 Å². The van der Waals surface area contributed by atoms with Gasteiger partial charge in [0, 0.05) is 25.4 Å². The lowest BCUT2D eigenvalue weighted by molar-refractivity contribution is 0.1000. The normalized spacial score (nSPS) is 15.0. The number of nitrogens with zero attached hydrogens (tertiary/aromatic N) is 2. The summed E-state index contributed by atoms with van der Waals surface area (Å²) in [5.74, 6) is 1.56. The van der Waals surface area contributed by atoms with Crippen LogP contribution in [0.2, 0.25) is 0 Å². The third-order valence-corrected chi connectivity index (χ3v) is 5.24. The summed E-state index contributed by atoms with van der Waals surface area (Å²) in [6, 6.07) is 11.4. The van der Waals surface area contributed by atoms with E-state index in [1.165, 1.54) is 50.4 Å². The molecule has 1 aromatic heterocycles. The second-order valence-electron chi connectivity index (χ2n) is 7.51. The molecule has 0 saturated heterocycles. The number of benzene rings is 1. The van der Waals surface area contributed by atoms with Crippen molar-refractivity contribution < 1.29 is 9.53 Å². The van der Waals surface area contributed by atoms with Gasteiger partial charge in [-0.2, -0.15) is 0 Å². The summed E-state index contributed by atoms with van der Waals surface area (Å²) in [5.41, 5.74) is 6.88. The number of likely N-dealkylation sites (N-methyl/N-ethyl adjacent to an activating group) is 1. The van der Waals surface area contributed by atoms with Crippen LogP contribution in [0.3, 0.4) is 0 Å². The first-order valence-electron chi connectivity index (χ1n) is 9.81. The van der Waals surface area contributed by atoms with Crippen molar-refractivity contribution in [1.29, 1.82) is 0 Å². The molecule has 0 unspecified atom stereocenters. The second kappa shape index (κ2) is 9.51. The highest BCUT2D eigenvalue weighted by Crippen LogP contribution is 2.24. The lowest BCUT2D eigenvalue weighted by Crippen LogP contribution is -2.28. The van der Waals surface area contributed by atoms with Crippen molar-refractivity contribution in [2.24, 2.45) is 11.7 Å². The van der Waals surface area contributed by atoms with E-state index in [0.29, 0.717) is 11.4 Å². The van der Waals surface area contributed by atoms with E-state index in [1.54, 1.807) is 12.1 Å². The molecule has 1 aliphatic carbocycles. The number of hydrogen-bond acceptors (Lipinski definition) is 4. The number of nitrogens with two attached hydrogens (primary N) is 1. The Bertz CT molecular complexity index is 722. The predicted molar refractivity (Wildman–Crippen MR) is 107 cm³/mol. The molecule has 0 spiro atoms. The number of rotatable bonds is 8. The first-order chi connectivity index (χ1) is 13.1. The summed E-state index contributed by atoms with van der Waals surface area (Å²) < 4.78 is 5.72. The Morgan fingerprint density at radius 3 is 2.52 bits per heavy atom. The van der Waals surface area contributed by atoms with Gasteiger partial charge in [-0.05, 0) is 56.0 Å². The molecule has 0 aliphatic heterocycles. The minimum atomic E-state index is -0.494. The first kappa shape index (κ1) is 19.4. The molecule has 2 aromatic rings. The van der Waals surface area contributed by atoms with Crippen molar-refractivity contribution in [3.05, 3.63) is 53.7 Å². The average molecular weight is 367 g/mol. The maximum atomic E-state index is 11.1. The van der Waals surface area contributed by atoms with Gasteiger partial charge in [-0.15, -0.1) is 0 Å². The molecule has 5 nitrogen and oxygen atoms in total. The highest BCUT2D eigenvalue weighted by atomic mass is 16.5. The summed E-state index contributed by atoms with van der Waals surface area (Å²) in [6.45, 7) is 2.29. The molecule has 144 valence electrons. The Morgan fingerprint density at radius 2 is 1.89 bits per heavy atom. The quantitative estimate of drug-likeness (QED) is 0.765. The van der Waals surface area contributed by atoms with Gasteiger partial charge < -0.3 is 15.4 Å². The molecule has 1 heterocycles. The van der Waals surface area contributed by atoms with Crippen molar-refractivity contribution in [3.8, 4) is 11.6 Å². The number of ether oxygens (including phenoxy) is 1. The van der Waals surface area contributed by atoms with Crippen LogP contribution in [0.1, 0.15) is 48.0 Å². The fourth-order valence-corrected chi connectivity index (χ4v) is 3.65. The highest BCUT2D eigenvalue weighted by Gasteiger charge is 2.15. The van der Waals surface area contributed by atoms with E-state index in [9.17, 15) is 4.79 Å². The Morgan fingerprint density at radius 1 is 1.15 bits per heavy atom. The van der Waals surface area contributed by atoms with Crippen LogP contribution in [0.5, 0.6) is 11.6 Å². The Labute approximate surface area is 161 Å². The average Bonchev–Trinajstić information content (AvgIpc) is 2.69. The number of pyridine rings is 1. The summed E-state index contributed by atoms with van der Waals surface area (Å²) in [6.07, 6.45) is 9.47. The molecule has 1 aliphatic rings. The molecule has 1 fully saturated rings. The fourth-order valence-electron chi connectivity index (χ4n) is 3.65. The molecule has 0 bridgehead atoms. The fraction of sp³-hybridized carbons (Fsp3) is 0.455. The standard InChI is InChI=1S/C22H29N3O2/c1-25(16-18-5-3-2-4-6-18)14-13-17-7-10-20(11-8-17)27-21-12-9-19(15-24-21)22(23)26/h7-12,15,18H,2-6,13-14,16H2,1H3,(H2,23,26). The molecule has 1 aromatic carbocycles. The number of carbonyl (C=O) groups is 1. The molecule has 5 heteroatoms. The lowest BCUT2D eigenvalue weighted by Gasteiger charge is -2.27. The number of primary amides is 1. The Balaban J connectivity index is 1.46. The van der Waals surface area contributed by atoms with Crippen LogP contribution in [0.15, 0.2) is 42.6 Å². The van der Waals surface area contributed by atoms with E-state index in [-0.39, 0.29) is 0 Å². The number of hydrogen-bond donors (Lipinski definition) is 1. The summed E-state index contributed by atoms with van der Waals surface area (Å²) in [5, 5.41) is 0. The van der Waals surface area contributed by atoms with Gasteiger partial charge in [0.05, 0.1) is 5.56 Å². The molecular weight excluding hydrogens is 338 g/mol. The summed E-state index contributed by atoms with van der Waals surface area (Å²) in [7, 11) is 2.23. The lowest BCUT2D eigenvalue weighted by atomic mass is 9.89. The molecule has 27 heavy (non-hydrogen) atoms. The van der Waals surface area contributed by atoms with Gasteiger partial charge in [0.1, 0.15) is 5.75 Å². The van der Waals surface area contributed by atoms with Gasteiger partial charge in [-0.25, -0.2) is 4.98 Å². The van der Waals surface area contributed by atoms with Crippen molar-refractivity contribution >= 4 is 5.91 Å². The zero-order valence-electron chi connectivity index (χ0n) is 16.1. The van der Waals surface area contributed by atoms with Crippen molar-refractivity contribution in [2.75, 3.05) is 20.1 Å². The summed E-state index contributed by atoms with van der Waals surface area (Å²) >= 11 is 0. The number of carbonyl (C=O) groups excluding carboxylic acids is 1. The third kappa shape index (κ3) is 6.07. The van der Waals surface area contributed by atoms with Gasteiger partial charge in [-0.3, -0.25) is 4.79 Å². The van der Waals surface area contributed by atoms with Crippen LogP contribution in [0, 0.1) is 5.92 Å². The van der Waals surface area contributed by atoms with Crippen LogP contribution in [0.4, 0.5) is 0 Å². The maximum Gasteiger partial charge on any atom is 0.250 e. The molecule has 1 saturated carbocycles. The van der Waals surface area contributed by atoms with Gasteiger partial charge in [0.2, 0.25) is 11.8 Å². The van der Waals surface area contributed by atoms with E-state index in [4.69, 9.17) is 10.5 Å². The molecule has 0 atom stereocenters. The molecule has 1 amide bonds. The smallest absolute Gasteiger partial charge is 0.250 e. The van der Waals surface area contributed by atoms with Gasteiger partial charge in [0.15, 0.2) is 0 Å². The highest BCUT2D eigenvalue weighted by molar-refractivity contribution is 5.92. The predicted octanol–water partition coefficient (Wildman–Crippen LogP) is 4.03. The van der Waals surface area contributed by atoms with E-state index in [1.807, 2.05) is 12.1 Å². The topological polar surface area (TPSA) is 68.5 Å². The van der Waals surface area contributed by atoms with Gasteiger partial charge >= 0.3 is 0 Å². The summed E-state index contributed by atoms with van der Waals surface area (Å²) in [4.78, 5) is 17.6. The van der Waals surface area contributed by atoms with Crippen LogP contribution < -0.4 is 10.5 Å². The first-order valence-corrected chi connectivity index (χ1v) is 9.81. The van der Waals surface area contributed by atoms with Gasteiger partial charge in [0.25, 0.3) is 0 Å². The molecule has 0 radical (unpaired) electrons. The van der Waals surface area contributed by atoms with Crippen molar-refractivity contribution in [3.63, 3.8) is 0 Å². The van der Waals surface area contributed by atoms with Crippen LogP contribution in [-0.2, 0) is 6.42 Å². The number of aromatic nitrogens is 1. The van der Waals surface area contributed by atoms with E-state index >= 15 is 0 Å². The number of amides is 1. The third-order valence-electron chi connectivity index (χ3n) is 5.24. The molecule has 3 rings (SSSR count). The monoisotopic (exact) mass is 367 g/mol.